The third kappa shape index (κ3) is 4.08. The molecular weight excluding hydrogens is 328 g/mol. The summed E-state index contributed by atoms with van der Waals surface area (Å²) in [7, 11) is 0. The summed E-state index contributed by atoms with van der Waals surface area (Å²) in [6.07, 6.45) is 0.845. The van der Waals surface area contributed by atoms with Crippen molar-refractivity contribution in [3.63, 3.8) is 0 Å². The van der Waals surface area contributed by atoms with E-state index in [-0.39, 0.29) is 11.7 Å². The lowest BCUT2D eigenvalue weighted by atomic mass is 10.2. The Balaban J connectivity index is 1.67. The number of nitrogens with one attached hydrogen (secondary N) is 1. The molecule has 0 radical (unpaired) electrons. The number of anilines is 1. The van der Waals surface area contributed by atoms with Gasteiger partial charge in [-0.25, -0.2) is 0 Å². The maximum Gasteiger partial charge on any atom is 0.224 e. The number of phenols is 1. The van der Waals surface area contributed by atoms with Gasteiger partial charge in [-0.1, -0.05) is 17.7 Å². The van der Waals surface area contributed by atoms with Crippen molar-refractivity contribution in [2.24, 2.45) is 0 Å². The highest BCUT2D eigenvalue weighted by atomic mass is 16.3. The first-order chi connectivity index (χ1) is 12.6. The molecule has 0 unspecified atom stereocenters. The molecule has 3 rings (SSSR count). The van der Waals surface area contributed by atoms with Crippen LogP contribution >= 0.6 is 0 Å². The lowest BCUT2D eigenvalue weighted by Crippen LogP contribution is -2.14. The van der Waals surface area contributed by atoms with Crippen LogP contribution in [0.4, 0.5) is 5.69 Å². The van der Waals surface area contributed by atoms with Crippen molar-refractivity contribution in [2.45, 2.75) is 33.2 Å². The standard InChI is InChI=1S/C20H22N4O2/c1-3-24-18(22-23-20(24)15-6-10-17(25)11-7-15)12-13-19(26)21-16-8-4-14(2)5-9-16/h4-11,25H,3,12-13H2,1-2H3,(H,21,26). The Kier molecular flexibility index (Phi) is 5.31. The van der Waals surface area contributed by atoms with Gasteiger partial charge in [-0.3, -0.25) is 4.79 Å². The number of hydrogen-bond donors (Lipinski definition) is 2. The average molecular weight is 350 g/mol. The number of aromatic hydroxyl groups is 1. The Morgan fingerprint density at radius 2 is 1.77 bits per heavy atom. The summed E-state index contributed by atoms with van der Waals surface area (Å²) in [6, 6.07) is 14.6. The maximum absolute atomic E-state index is 12.2. The van der Waals surface area contributed by atoms with E-state index in [0.717, 1.165) is 28.5 Å². The van der Waals surface area contributed by atoms with E-state index in [1.54, 1.807) is 24.3 Å². The fourth-order valence-electron chi connectivity index (χ4n) is 2.76. The van der Waals surface area contributed by atoms with Crippen molar-refractivity contribution in [1.82, 2.24) is 14.8 Å². The molecule has 3 aromatic rings. The highest BCUT2D eigenvalue weighted by molar-refractivity contribution is 5.90. The summed E-state index contributed by atoms with van der Waals surface area (Å²) in [5.74, 6) is 1.67. The molecule has 0 atom stereocenters. The molecule has 1 aromatic heterocycles. The van der Waals surface area contributed by atoms with Crippen LogP contribution in [0.1, 0.15) is 24.7 Å². The summed E-state index contributed by atoms with van der Waals surface area (Å²) in [5, 5.41) is 20.8. The Bertz CT molecular complexity index is 883. The molecule has 0 fully saturated rings. The Labute approximate surface area is 152 Å². The summed E-state index contributed by atoms with van der Waals surface area (Å²) >= 11 is 0. The normalized spacial score (nSPS) is 10.7. The third-order valence-electron chi connectivity index (χ3n) is 4.18. The van der Waals surface area contributed by atoms with Gasteiger partial charge in [0, 0.05) is 30.6 Å². The quantitative estimate of drug-likeness (QED) is 0.712. The van der Waals surface area contributed by atoms with E-state index < -0.39 is 0 Å². The van der Waals surface area contributed by atoms with Gasteiger partial charge >= 0.3 is 0 Å². The fraction of sp³-hybridized carbons (Fsp3) is 0.250. The molecule has 134 valence electrons. The number of nitrogens with zero attached hydrogens (tertiary/aromatic N) is 3. The number of amides is 1. The zero-order valence-electron chi connectivity index (χ0n) is 14.9. The van der Waals surface area contributed by atoms with Crippen molar-refractivity contribution in [2.75, 3.05) is 5.32 Å². The fourth-order valence-corrected chi connectivity index (χ4v) is 2.76. The van der Waals surface area contributed by atoms with Crippen molar-refractivity contribution in [3.8, 4) is 17.1 Å². The molecule has 6 heteroatoms. The molecule has 2 aromatic carbocycles. The van der Waals surface area contributed by atoms with Gasteiger partial charge in [0.05, 0.1) is 0 Å². The molecule has 0 aliphatic rings. The van der Waals surface area contributed by atoms with Crippen LogP contribution in [0, 0.1) is 6.92 Å². The molecule has 0 aliphatic carbocycles. The number of aryl methyl sites for hydroxylation is 2. The first-order valence-corrected chi connectivity index (χ1v) is 8.65. The van der Waals surface area contributed by atoms with Crippen LogP contribution in [0.15, 0.2) is 48.5 Å². The van der Waals surface area contributed by atoms with Crippen LogP contribution in [-0.2, 0) is 17.8 Å². The maximum atomic E-state index is 12.2. The first-order valence-electron chi connectivity index (χ1n) is 8.65. The number of carbonyl (C=O) groups excluding carboxylic acids is 1. The van der Waals surface area contributed by atoms with E-state index in [1.807, 2.05) is 42.7 Å². The summed E-state index contributed by atoms with van der Waals surface area (Å²) < 4.78 is 1.99. The van der Waals surface area contributed by atoms with E-state index in [2.05, 4.69) is 15.5 Å². The van der Waals surface area contributed by atoms with E-state index in [1.165, 1.54) is 0 Å². The first kappa shape index (κ1) is 17.7. The summed E-state index contributed by atoms with van der Waals surface area (Å²) in [4.78, 5) is 12.2. The molecule has 6 nitrogen and oxygen atoms in total. The minimum absolute atomic E-state index is 0.0503. The number of carbonyl (C=O) groups is 1. The monoisotopic (exact) mass is 350 g/mol. The lowest BCUT2D eigenvalue weighted by molar-refractivity contribution is -0.116. The SMILES string of the molecule is CCn1c(CCC(=O)Nc2ccc(C)cc2)nnc1-c1ccc(O)cc1. The molecule has 0 saturated carbocycles. The Morgan fingerprint density at radius 1 is 1.08 bits per heavy atom. The average Bonchev–Trinajstić information content (AvgIpc) is 3.05. The molecule has 0 aliphatic heterocycles. The van der Waals surface area contributed by atoms with Crippen molar-refractivity contribution >= 4 is 11.6 Å². The van der Waals surface area contributed by atoms with E-state index in [4.69, 9.17) is 0 Å². The second-order valence-electron chi connectivity index (χ2n) is 6.15. The van der Waals surface area contributed by atoms with E-state index in [0.29, 0.717) is 19.4 Å². The van der Waals surface area contributed by atoms with Crippen LogP contribution in [0.2, 0.25) is 0 Å². The predicted octanol–water partition coefficient (Wildman–Crippen LogP) is 3.55. The third-order valence-corrected chi connectivity index (χ3v) is 4.18. The van der Waals surface area contributed by atoms with Crippen molar-refractivity contribution < 1.29 is 9.90 Å². The topological polar surface area (TPSA) is 80.0 Å². The van der Waals surface area contributed by atoms with Gasteiger partial charge < -0.3 is 15.0 Å². The second kappa shape index (κ2) is 7.82. The summed E-state index contributed by atoms with van der Waals surface area (Å²) in [5.41, 5.74) is 2.83. The molecular formula is C20H22N4O2. The number of phenolic OH excluding ortho intramolecular Hbond substituents is 1. The summed E-state index contributed by atoms with van der Waals surface area (Å²) in [6.45, 7) is 4.73. The van der Waals surface area contributed by atoms with Crippen molar-refractivity contribution in [3.05, 3.63) is 59.9 Å². The van der Waals surface area contributed by atoms with Crippen LogP contribution in [0.25, 0.3) is 11.4 Å². The van der Waals surface area contributed by atoms with Crippen LogP contribution in [0.5, 0.6) is 5.75 Å². The van der Waals surface area contributed by atoms with Gasteiger partial charge in [0.15, 0.2) is 5.82 Å². The van der Waals surface area contributed by atoms with Crippen LogP contribution < -0.4 is 5.32 Å². The minimum Gasteiger partial charge on any atom is -0.508 e. The minimum atomic E-state index is -0.0503. The number of benzene rings is 2. The van der Waals surface area contributed by atoms with Crippen LogP contribution in [0.3, 0.4) is 0 Å². The largest absolute Gasteiger partial charge is 0.508 e. The second-order valence-corrected chi connectivity index (χ2v) is 6.15. The lowest BCUT2D eigenvalue weighted by Gasteiger charge is -2.08. The van der Waals surface area contributed by atoms with Gasteiger partial charge in [-0.05, 0) is 50.2 Å². The number of rotatable bonds is 6. The smallest absolute Gasteiger partial charge is 0.224 e. The highest BCUT2D eigenvalue weighted by Gasteiger charge is 2.14. The molecule has 1 amide bonds. The Hall–Kier alpha value is -3.15. The van der Waals surface area contributed by atoms with Crippen LogP contribution in [-0.4, -0.2) is 25.8 Å². The highest BCUT2D eigenvalue weighted by Crippen LogP contribution is 2.21. The molecule has 26 heavy (non-hydrogen) atoms. The van der Waals surface area contributed by atoms with Gasteiger partial charge in [0.1, 0.15) is 11.6 Å². The van der Waals surface area contributed by atoms with E-state index in [9.17, 15) is 9.90 Å². The molecule has 0 bridgehead atoms. The molecule has 0 spiro atoms. The molecule has 1 heterocycles. The van der Waals surface area contributed by atoms with E-state index >= 15 is 0 Å². The van der Waals surface area contributed by atoms with Gasteiger partial charge in [-0.15, -0.1) is 10.2 Å². The van der Waals surface area contributed by atoms with Gasteiger partial charge in [-0.2, -0.15) is 0 Å². The zero-order chi connectivity index (χ0) is 18.5. The van der Waals surface area contributed by atoms with Gasteiger partial charge in [0.25, 0.3) is 0 Å². The molecule has 0 saturated heterocycles. The number of aromatic nitrogens is 3. The Morgan fingerprint density at radius 3 is 2.42 bits per heavy atom. The predicted molar refractivity (Wildman–Crippen MR) is 101 cm³/mol. The van der Waals surface area contributed by atoms with Gasteiger partial charge in [0.2, 0.25) is 5.91 Å². The molecule has 2 N–H and O–H groups in total. The number of hydrogen-bond acceptors (Lipinski definition) is 4. The zero-order valence-corrected chi connectivity index (χ0v) is 14.9. The van der Waals surface area contributed by atoms with Crippen molar-refractivity contribution in [1.29, 1.82) is 0 Å².